The molecule has 0 atom stereocenters. The molecule has 0 aliphatic rings. The Labute approximate surface area is 76.5 Å². The smallest absolute Gasteiger partial charge is 0.218 e. The largest absolute Gasteiger partial charge is 0.493 e. The molecule has 1 N–H and O–H groups in total. The Balaban J connectivity index is 2.54. The van der Waals surface area contributed by atoms with Crippen molar-refractivity contribution < 1.29 is 5.11 Å². The van der Waals surface area contributed by atoms with Crippen LogP contribution in [0.25, 0.3) is 11.1 Å². The molecule has 64 valence electrons. The quantitative estimate of drug-likeness (QED) is 0.714. The first-order valence-electron chi connectivity index (χ1n) is 4.07. The molecule has 13 heavy (non-hydrogen) atoms. The van der Waals surface area contributed by atoms with Crippen molar-refractivity contribution in [2.45, 2.75) is 0 Å². The summed E-state index contributed by atoms with van der Waals surface area (Å²) in [7, 11) is 0. The molecule has 2 nitrogen and oxygen atoms in total. The second kappa shape index (κ2) is 3.27. The standard InChI is InChI=1S/C11H9NO/c13-11-10(7-4-8-12-11)9-5-2-1-3-6-9/h1-8H,(H,12,13). The number of benzene rings is 1. The van der Waals surface area contributed by atoms with Crippen molar-refractivity contribution in [2.24, 2.45) is 0 Å². The van der Waals surface area contributed by atoms with Crippen molar-refractivity contribution >= 4 is 0 Å². The highest BCUT2D eigenvalue weighted by atomic mass is 16.3. The highest BCUT2D eigenvalue weighted by molar-refractivity contribution is 5.67. The van der Waals surface area contributed by atoms with Crippen LogP contribution in [-0.2, 0) is 0 Å². The molecule has 0 spiro atoms. The summed E-state index contributed by atoms with van der Waals surface area (Å²) in [5, 5.41) is 9.45. The van der Waals surface area contributed by atoms with Gasteiger partial charge in [-0.3, -0.25) is 0 Å². The first kappa shape index (κ1) is 7.80. The van der Waals surface area contributed by atoms with Crippen LogP contribution >= 0.6 is 0 Å². The molecular weight excluding hydrogens is 162 g/mol. The summed E-state index contributed by atoms with van der Waals surface area (Å²) in [6.45, 7) is 0. The van der Waals surface area contributed by atoms with Gasteiger partial charge < -0.3 is 5.11 Å². The zero-order chi connectivity index (χ0) is 9.10. The second-order valence-electron chi connectivity index (χ2n) is 2.74. The van der Waals surface area contributed by atoms with Crippen LogP contribution in [0.4, 0.5) is 0 Å². The van der Waals surface area contributed by atoms with Crippen molar-refractivity contribution in [3.8, 4) is 17.0 Å². The highest BCUT2D eigenvalue weighted by Gasteiger charge is 2.01. The van der Waals surface area contributed by atoms with Crippen LogP contribution in [0, 0.1) is 0 Å². The fraction of sp³-hybridized carbons (Fsp3) is 0. The van der Waals surface area contributed by atoms with E-state index in [0.717, 1.165) is 11.1 Å². The van der Waals surface area contributed by atoms with Gasteiger partial charge in [-0.2, -0.15) is 0 Å². The summed E-state index contributed by atoms with van der Waals surface area (Å²) in [5.74, 6) is 0.0775. The first-order chi connectivity index (χ1) is 6.38. The first-order valence-corrected chi connectivity index (χ1v) is 4.07. The highest BCUT2D eigenvalue weighted by Crippen LogP contribution is 2.25. The Kier molecular flexibility index (Phi) is 1.96. The number of aromatic nitrogens is 1. The predicted octanol–water partition coefficient (Wildman–Crippen LogP) is 2.45. The fourth-order valence-corrected chi connectivity index (χ4v) is 1.24. The van der Waals surface area contributed by atoms with E-state index >= 15 is 0 Å². The molecule has 0 saturated heterocycles. The van der Waals surface area contributed by atoms with Crippen LogP contribution in [0.1, 0.15) is 0 Å². The van der Waals surface area contributed by atoms with E-state index in [1.807, 2.05) is 42.5 Å². The Hall–Kier alpha value is -1.83. The van der Waals surface area contributed by atoms with Gasteiger partial charge in [0.2, 0.25) is 5.88 Å². The van der Waals surface area contributed by atoms with E-state index in [9.17, 15) is 5.11 Å². The monoisotopic (exact) mass is 171 g/mol. The topological polar surface area (TPSA) is 33.1 Å². The van der Waals surface area contributed by atoms with Crippen LogP contribution in [0.2, 0.25) is 0 Å². The zero-order valence-corrected chi connectivity index (χ0v) is 7.01. The molecule has 0 fully saturated rings. The van der Waals surface area contributed by atoms with Crippen molar-refractivity contribution in [3.63, 3.8) is 0 Å². The minimum atomic E-state index is 0.0775. The van der Waals surface area contributed by atoms with Crippen molar-refractivity contribution in [3.05, 3.63) is 48.7 Å². The van der Waals surface area contributed by atoms with Gasteiger partial charge in [-0.15, -0.1) is 0 Å². The Morgan fingerprint density at radius 2 is 1.69 bits per heavy atom. The Morgan fingerprint density at radius 1 is 0.923 bits per heavy atom. The zero-order valence-electron chi connectivity index (χ0n) is 7.01. The molecule has 2 heteroatoms. The van der Waals surface area contributed by atoms with Gasteiger partial charge in [0.25, 0.3) is 0 Å². The lowest BCUT2D eigenvalue weighted by Crippen LogP contribution is -1.80. The molecule has 1 aromatic carbocycles. The van der Waals surface area contributed by atoms with E-state index in [4.69, 9.17) is 0 Å². The minimum absolute atomic E-state index is 0.0775. The third-order valence-electron chi connectivity index (χ3n) is 1.87. The van der Waals surface area contributed by atoms with Gasteiger partial charge in [0.05, 0.1) is 0 Å². The van der Waals surface area contributed by atoms with E-state index in [0.29, 0.717) is 0 Å². The normalized spacial score (nSPS) is 9.85. The third-order valence-corrected chi connectivity index (χ3v) is 1.87. The van der Waals surface area contributed by atoms with Crippen LogP contribution in [0.3, 0.4) is 0 Å². The lowest BCUT2D eigenvalue weighted by atomic mass is 10.1. The molecule has 0 radical (unpaired) electrons. The van der Waals surface area contributed by atoms with E-state index in [-0.39, 0.29) is 5.88 Å². The summed E-state index contributed by atoms with van der Waals surface area (Å²) in [4.78, 5) is 3.81. The van der Waals surface area contributed by atoms with Gasteiger partial charge >= 0.3 is 0 Å². The third kappa shape index (κ3) is 1.51. The average molecular weight is 171 g/mol. The number of aromatic hydroxyl groups is 1. The van der Waals surface area contributed by atoms with E-state index in [1.54, 1.807) is 6.20 Å². The van der Waals surface area contributed by atoms with Gasteiger partial charge in [0.1, 0.15) is 0 Å². The van der Waals surface area contributed by atoms with Gasteiger partial charge in [0, 0.05) is 11.8 Å². The van der Waals surface area contributed by atoms with Crippen LogP contribution in [0.5, 0.6) is 5.88 Å². The lowest BCUT2D eigenvalue weighted by Gasteiger charge is -2.01. The van der Waals surface area contributed by atoms with Crippen molar-refractivity contribution in [2.75, 3.05) is 0 Å². The van der Waals surface area contributed by atoms with Crippen LogP contribution in [0.15, 0.2) is 48.7 Å². The second-order valence-corrected chi connectivity index (χ2v) is 2.74. The van der Waals surface area contributed by atoms with Gasteiger partial charge in [-0.25, -0.2) is 4.98 Å². The van der Waals surface area contributed by atoms with Gasteiger partial charge in [-0.05, 0) is 17.7 Å². The molecule has 2 rings (SSSR count). The van der Waals surface area contributed by atoms with Crippen LogP contribution in [-0.4, -0.2) is 10.1 Å². The Bertz CT molecular complexity index is 398. The summed E-state index contributed by atoms with van der Waals surface area (Å²) in [5.41, 5.74) is 1.75. The SMILES string of the molecule is Oc1ncccc1-c1ccccc1. The minimum Gasteiger partial charge on any atom is -0.493 e. The van der Waals surface area contributed by atoms with E-state index in [1.165, 1.54) is 0 Å². The maximum absolute atomic E-state index is 9.45. The molecule has 0 saturated carbocycles. The average Bonchev–Trinajstić information content (AvgIpc) is 2.20. The molecule has 0 aliphatic heterocycles. The molecular formula is C11H9NO. The summed E-state index contributed by atoms with van der Waals surface area (Å²) >= 11 is 0. The molecule has 0 unspecified atom stereocenters. The van der Waals surface area contributed by atoms with Crippen molar-refractivity contribution in [1.82, 2.24) is 4.98 Å². The molecule has 0 amide bonds. The number of nitrogens with zero attached hydrogens (tertiary/aromatic N) is 1. The maximum atomic E-state index is 9.45. The lowest BCUT2D eigenvalue weighted by molar-refractivity contribution is 0.455. The molecule has 0 bridgehead atoms. The summed E-state index contributed by atoms with van der Waals surface area (Å²) in [6.07, 6.45) is 1.57. The summed E-state index contributed by atoms with van der Waals surface area (Å²) in [6, 6.07) is 13.3. The number of pyridine rings is 1. The van der Waals surface area contributed by atoms with E-state index < -0.39 is 0 Å². The number of hydrogen-bond acceptors (Lipinski definition) is 2. The number of rotatable bonds is 1. The molecule has 1 aromatic heterocycles. The molecule has 2 aromatic rings. The Morgan fingerprint density at radius 3 is 2.38 bits per heavy atom. The van der Waals surface area contributed by atoms with Gasteiger partial charge in [0.15, 0.2) is 0 Å². The molecule has 0 aliphatic carbocycles. The number of hydrogen-bond donors (Lipinski definition) is 1. The molecule has 1 heterocycles. The predicted molar refractivity (Wildman–Crippen MR) is 51.3 cm³/mol. The maximum Gasteiger partial charge on any atom is 0.218 e. The van der Waals surface area contributed by atoms with Crippen LogP contribution < -0.4 is 0 Å². The van der Waals surface area contributed by atoms with Crippen molar-refractivity contribution in [1.29, 1.82) is 0 Å². The van der Waals surface area contributed by atoms with E-state index in [2.05, 4.69) is 4.98 Å². The fourth-order valence-electron chi connectivity index (χ4n) is 1.24. The summed E-state index contributed by atoms with van der Waals surface area (Å²) < 4.78 is 0. The van der Waals surface area contributed by atoms with Gasteiger partial charge in [-0.1, -0.05) is 30.3 Å².